The number of carbonyl (C=O) groups excluding carboxylic acids is 1. The highest BCUT2D eigenvalue weighted by Crippen LogP contribution is 2.31. The Morgan fingerprint density at radius 2 is 1.85 bits per heavy atom. The Balaban J connectivity index is 1.60. The van der Waals surface area contributed by atoms with Gasteiger partial charge in [0.15, 0.2) is 11.0 Å². The molecule has 0 fully saturated rings. The Labute approximate surface area is 205 Å². The standard InChI is InChI=1S/C24H21ClN4O4S/c1-32-19-10-11-21(33-2)20(13-19)26-22(31)14-34-24-28-27-23(15-6-8-18(30)9-7-15)29(24)17-5-3-4-16(25)12-17/h3-13,30H,14H2,1-2H3,(H,26,31). The lowest BCUT2D eigenvalue weighted by molar-refractivity contribution is -0.113. The number of benzene rings is 3. The Morgan fingerprint density at radius 1 is 1.06 bits per heavy atom. The van der Waals surface area contributed by atoms with Gasteiger partial charge in [-0.2, -0.15) is 0 Å². The molecule has 4 rings (SSSR count). The summed E-state index contributed by atoms with van der Waals surface area (Å²) >= 11 is 7.45. The molecule has 0 aliphatic heterocycles. The molecule has 8 nitrogen and oxygen atoms in total. The van der Waals surface area contributed by atoms with Crippen LogP contribution >= 0.6 is 23.4 Å². The van der Waals surface area contributed by atoms with Gasteiger partial charge in [-0.25, -0.2) is 0 Å². The zero-order valence-electron chi connectivity index (χ0n) is 18.4. The molecule has 34 heavy (non-hydrogen) atoms. The van der Waals surface area contributed by atoms with Gasteiger partial charge in [0, 0.05) is 16.7 Å². The van der Waals surface area contributed by atoms with E-state index in [0.29, 0.717) is 33.2 Å². The van der Waals surface area contributed by atoms with E-state index in [-0.39, 0.29) is 17.4 Å². The van der Waals surface area contributed by atoms with Gasteiger partial charge in [0.25, 0.3) is 0 Å². The summed E-state index contributed by atoms with van der Waals surface area (Å²) in [5, 5.41) is 22.2. The number of phenols is 1. The van der Waals surface area contributed by atoms with Crippen LogP contribution in [0.5, 0.6) is 17.2 Å². The Bertz CT molecular complexity index is 1310. The van der Waals surface area contributed by atoms with Crippen LogP contribution in [-0.4, -0.2) is 45.8 Å². The van der Waals surface area contributed by atoms with Crippen molar-refractivity contribution in [2.45, 2.75) is 5.16 Å². The predicted octanol–water partition coefficient (Wildman–Crippen LogP) is 5.04. The first kappa shape index (κ1) is 23.5. The fourth-order valence-corrected chi connectivity index (χ4v) is 4.17. The van der Waals surface area contributed by atoms with Crippen molar-refractivity contribution in [1.82, 2.24) is 14.8 Å². The lowest BCUT2D eigenvalue weighted by Gasteiger charge is -2.12. The number of aromatic hydroxyl groups is 1. The van der Waals surface area contributed by atoms with E-state index >= 15 is 0 Å². The Kier molecular flexibility index (Phi) is 7.24. The number of hydrogen-bond donors (Lipinski definition) is 2. The van der Waals surface area contributed by atoms with Crippen molar-refractivity contribution in [2.75, 3.05) is 25.3 Å². The van der Waals surface area contributed by atoms with Crippen molar-refractivity contribution in [3.8, 4) is 34.3 Å². The van der Waals surface area contributed by atoms with Gasteiger partial charge in [0.05, 0.1) is 31.3 Å². The summed E-state index contributed by atoms with van der Waals surface area (Å²) in [4.78, 5) is 12.7. The molecule has 174 valence electrons. The third-order valence-electron chi connectivity index (χ3n) is 4.84. The van der Waals surface area contributed by atoms with Crippen LogP contribution in [0.25, 0.3) is 17.1 Å². The molecule has 1 aromatic heterocycles. The Hall–Kier alpha value is -3.69. The summed E-state index contributed by atoms with van der Waals surface area (Å²) in [5.74, 6) is 1.66. The van der Waals surface area contributed by atoms with Crippen molar-refractivity contribution in [3.05, 3.63) is 71.8 Å². The normalized spacial score (nSPS) is 10.7. The molecule has 0 aliphatic rings. The van der Waals surface area contributed by atoms with Crippen LogP contribution in [0.3, 0.4) is 0 Å². The maximum Gasteiger partial charge on any atom is 0.234 e. The second kappa shape index (κ2) is 10.5. The van der Waals surface area contributed by atoms with Crippen molar-refractivity contribution in [1.29, 1.82) is 0 Å². The van der Waals surface area contributed by atoms with E-state index < -0.39 is 0 Å². The van der Waals surface area contributed by atoms with Crippen molar-refractivity contribution < 1.29 is 19.4 Å². The maximum atomic E-state index is 12.7. The van der Waals surface area contributed by atoms with Crippen LogP contribution in [0.15, 0.2) is 71.9 Å². The number of rotatable bonds is 8. The third-order valence-corrected chi connectivity index (χ3v) is 6.00. The number of thioether (sulfide) groups is 1. The third kappa shape index (κ3) is 5.27. The molecular formula is C24H21ClN4O4S. The first-order valence-corrected chi connectivity index (χ1v) is 11.5. The average Bonchev–Trinajstić information content (AvgIpc) is 3.27. The van der Waals surface area contributed by atoms with E-state index in [1.807, 2.05) is 16.7 Å². The molecule has 1 amide bonds. The zero-order chi connectivity index (χ0) is 24.1. The lowest BCUT2D eigenvalue weighted by atomic mass is 10.2. The van der Waals surface area contributed by atoms with Gasteiger partial charge in [0.1, 0.15) is 17.2 Å². The summed E-state index contributed by atoms with van der Waals surface area (Å²) in [7, 11) is 3.09. The summed E-state index contributed by atoms with van der Waals surface area (Å²) in [6.07, 6.45) is 0. The quantitative estimate of drug-likeness (QED) is 0.330. The van der Waals surface area contributed by atoms with E-state index in [9.17, 15) is 9.90 Å². The van der Waals surface area contributed by atoms with Crippen molar-refractivity contribution in [3.63, 3.8) is 0 Å². The molecule has 0 unspecified atom stereocenters. The van der Waals surface area contributed by atoms with Crippen molar-refractivity contribution >= 4 is 35.0 Å². The molecule has 0 saturated heterocycles. The number of aromatic nitrogens is 3. The number of anilines is 1. The first-order chi connectivity index (χ1) is 16.5. The number of halogens is 1. The van der Waals surface area contributed by atoms with Gasteiger partial charge in [-0.1, -0.05) is 29.4 Å². The Morgan fingerprint density at radius 3 is 2.56 bits per heavy atom. The van der Waals surface area contributed by atoms with Crippen LogP contribution in [0.2, 0.25) is 5.02 Å². The molecule has 2 N–H and O–H groups in total. The van der Waals surface area contributed by atoms with Gasteiger partial charge in [-0.05, 0) is 54.6 Å². The smallest absolute Gasteiger partial charge is 0.234 e. The van der Waals surface area contributed by atoms with Gasteiger partial charge in [-0.15, -0.1) is 10.2 Å². The fourth-order valence-electron chi connectivity index (χ4n) is 3.24. The minimum atomic E-state index is -0.247. The minimum Gasteiger partial charge on any atom is -0.508 e. The van der Waals surface area contributed by atoms with Crippen LogP contribution in [-0.2, 0) is 4.79 Å². The number of amides is 1. The van der Waals surface area contributed by atoms with Crippen molar-refractivity contribution in [2.24, 2.45) is 0 Å². The van der Waals surface area contributed by atoms with Crippen LogP contribution in [0, 0.1) is 0 Å². The molecule has 0 saturated carbocycles. The highest BCUT2D eigenvalue weighted by atomic mass is 35.5. The number of hydrogen-bond acceptors (Lipinski definition) is 7. The van der Waals surface area contributed by atoms with E-state index in [4.69, 9.17) is 21.1 Å². The monoisotopic (exact) mass is 496 g/mol. The minimum absolute atomic E-state index is 0.0780. The van der Waals surface area contributed by atoms with Gasteiger partial charge < -0.3 is 19.9 Å². The van der Waals surface area contributed by atoms with E-state index in [1.165, 1.54) is 18.9 Å². The van der Waals surface area contributed by atoms with Crippen LogP contribution in [0.4, 0.5) is 5.69 Å². The van der Waals surface area contributed by atoms with Gasteiger partial charge in [0.2, 0.25) is 5.91 Å². The van der Waals surface area contributed by atoms with E-state index in [1.54, 1.807) is 61.7 Å². The summed E-state index contributed by atoms with van der Waals surface area (Å²) in [5.41, 5.74) is 2.01. The molecule has 1 heterocycles. The molecular weight excluding hydrogens is 476 g/mol. The largest absolute Gasteiger partial charge is 0.508 e. The topological polar surface area (TPSA) is 98.5 Å². The van der Waals surface area contributed by atoms with Crippen LogP contribution < -0.4 is 14.8 Å². The molecule has 0 radical (unpaired) electrons. The average molecular weight is 497 g/mol. The number of nitrogens with zero attached hydrogens (tertiary/aromatic N) is 3. The molecule has 3 aromatic carbocycles. The number of phenolic OH excluding ortho intramolecular Hbond substituents is 1. The maximum absolute atomic E-state index is 12.7. The number of methoxy groups -OCH3 is 2. The van der Waals surface area contributed by atoms with E-state index in [2.05, 4.69) is 15.5 Å². The first-order valence-electron chi connectivity index (χ1n) is 10.1. The van der Waals surface area contributed by atoms with Crippen LogP contribution in [0.1, 0.15) is 0 Å². The molecule has 0 aliphatic carbocycles. The zero-order valence-corrected chi connectivity index (χ0v) is 19.9. The molecule has 4 aromatic rings. The molecule has 0 atom stereocenters. The second-order valence-electron chi connectivity index (χ2n) is 7.07. The SMILES string of the molecule is COc1ccc(OC)c(NC(=O)CSc2nnc(-c3ccc(O)cc3)n2-c2cccc(Cl)c2)c1. The highest BCUT2D eigenvalue weighted by molar-refractivity contribution is 7.99. The predicted molar refractivity (Wildman–Crippen MR) is 132 cm³/mol. The summed E-state index contributed by atoms with van der Waals surface area (Å²) in [6, 6.07) is 19.1. The second-order valence-corrected chi connectivity index (χ2v) is 8.45. The molecule has 0 spiro atoms. The number of carbonyl (C=O) groups is 1. The van der Waals surface area contributed by atoms with E-state index in [0.717, 1.165) is 11.3 Å². The summed E-state index contributed by atoms with van der Waals surface area (Å²) in [6.45, 7) is 0. The number of ether oxygens (including phenoxy) is 2. The van der Waals surface area contributed by atoms with Gasteiger partial charge in [-0.3, -0.25) is 9.36 Å². The lowest BCUT2D eigenvalue weighted by Crippen LogP contribution is -2.15. The van der Waals surface area contributed by atoms with Gasteiger partial charge >= 0.3 is 0 Å². The molecule has 10 heteroatoms. The molecule has 0 bridgehead atoms. The highest BCUT2D eigenvalue weighted by Gasteiger charge is 2.18. The number of nitrogens with one attached hydrogen (secondary N) is 1. The fraction of sp³-hybridized carbons (Fsp3) is 0.125. The summed E-state index contributed by atoms with van der Waals surface area (Å²) < 4.78 is 12.4.